The molecule has 1 fully saturated rings. The lowest BCUT2D eigenvalue weighted by molar-refractivity contribution is -0.131. The number of rotatable bonds is 1. The molecule has 3 nitrogen and oxygen atoms in total. The number of hydrogen-bond acceptors (Lipinski definition) is 2. The van der Waals surface area contributed by atoms with E-state index in [9.17, 15) is 10.1 Å². The predicted molar refractivity (Wildman–Crippen MR) is 78.2 cm³/mol. The van der Waals surface area contributed by atoms with Crippen molar-refractivity contribution in [3.05, 3.63) is 29.8 Å². The van der Waals surface area contributed by atoms with Crippen LogP contribution in [0, 0.1) is 22.7 Å². The SMILES string of the molecule is CC1CC(C#N)(C(=O)N2CCCCc3ccccc32)C1. The van der Waals surface area contributed by atoms with Crippen LogP contribution >= 0.6 is 0 Å². The van der Waals surface area contributed by atoms with E-state index in [1.165, 1.54) is 5.56 Å². The zero-order valence-electron chi connectivity index (χ0n) is 11.9. The fraction of sp³-hybridized carbons (Fsp3) is 0.529. The molecule has 104 valence electrons. The van der Waals surface area contributed by atoms with Crippen molar-refractivity contribution in [3.63, 3.8) is 0 Å². The van der Waals surface area contributed by atoms with Gasteiger partial charge in [-0.1, -0.05) is 25.1 Å². The zero-order valence-corrected chi connectivity index (χ0v) is 11.9. The number of para-hydroxylation sites is 1. The van der Waals surface area contributed by atoms with Crippen LogP contribution in [0.2, 0.25) is 0 Å². The Bertz CT molecular complexity index is 567. The summed E-state index contributed by atoms with van der Waals surface area (Å²) in [6.07, 6.45) is 4.56. The molecule has 20 heavy (non-hydrogen) atoms. The lowest BCUT2D eigenvalue weighted by atomic mass is 9.62. The van der Waals surface area contributed by atoms with E-state index in [1.807, 2.05) is 23.1 Å². The van der Waals surface area contributed by atoms with Crippen molar-refractivity contribution in [3.8, 4) is 6.07 Å². The Morgan fingerprint density at radius 2 is 2.10 bits per heavy atom. The molecule has 1 heterocycles. The van der Waals surface area contributed by atoms with Crippen LogP contribution in [0.25, 0.3) is 0 Å². The minimum atomic E-state index is -0.767. The van der Waals surface area contributed by atoms with E-state index in [4.69, 9.17) is 0 Å². The molecule has 0 aromatic heterocycles. The first kappa shape index (κ1) is 13.2. The average molecular weight is 268 g/mol. The minimum Gasteiger partial charge on any atom is -0.311 e. The van der Waals surface area contributed by atoms with Gasteiger partial charge in [0.15, 0.2) is 0 Å². The molecule has 0 saturated heterocycles. The fourth-order valence-electron chi connectivity index (χ4n) is 3.60. The van der Waals surface area contributed by atoms with Gasteiger partial charge < -0.3 is 4.90 Å². The lowest BCUT2D eigenvalue weighted by Crippen LogP contribution is -2.50. The van der Waals surface area contributed by atoms with Gasteiger partial charge in [0.2, 0.25) is 5.91 Å². The topological polar surface area (TPSA) is 44.1 Å². The first-order valence-electron chi connectivity index (χ1n) is 7.47. The number of nitrogens with zero attached hydrogens (tertiary/aromatic N) is 2. The molecule has 1 aromatic rings. The van der Waals surface area contributed by atoms with Crippen molar-refractivity contribution in [2.45, 2.75) is 39.0 Å². The highest BCUT2D eigenvalue weighted by Crippen LogP contribution is 2.47. The number of carbonyl (C=O) groups is 1. The standard InChI is InChI=1S/C17H20N2O/c1-13-10-17(11-13,12-18)16(20)19-9-5-4-7-14-6-2-3-8-15(14)19/h2-3,6,8,13H,4-5,7,9-11H2,1H3. The van der Waals surface area contributed by atoms with Crippen LogP contribution in [0.1, 0.15) is 38.2 Å². The van der Waals surface area contributed by atoms with E-state index in [-0.39, 0.29) is 5.91 Å². The van der Waals surface area contributed by atoms with Gasteiger partial charge in [0.05, 0.1) is 6.07 Å². The van der Waals surface area contributed by atoms with Gasteiger partial charge in [0.25, 0.3) is 0 Å². The molecular formula is C17H20N2O. The minimum absolute atomic E-state index is 0.0208. The third kappa shape index (κ3) is 2.00. The molecule has 0 unspecified atom stereocenters. The first-order chi connectivity index (χ1) is 9.66. The molecule has 1 aromatic carbocycles. The van der Waals surface area contributed by atoms with Crippen LogP contribution < -0.4 is 4.90 Å². The van der Waals surface area contributed by atoms with Gasteiger partial charge in [-0.25, -0.2) is 0 Å². The summed E-state index contributed by atoms with van der Waals surface area (Å²) in [6.45, 7) is 2.85. The molecule has 1 amide bonds. The Hall–Kier alpha value is -1.82. The van der Waals surface area contributed by atoms with Gasteiger partial charge in [-0.05, 0) is 49.7 Å². The third-order valence-electron chi connectivity index (χ3n) is 4.62. The lowest BCUT2D eigenvalue weighted by Gasteiger charge is -2.42. The number of benzene rings is 1. The van der Waals surface area contributed by atoms with E-state index < -0.39 is 5.41 Å². The van der Waals surface area contributed by atoms with Gasteiger partial charge in [0.1, 0.15) is 5.41 Å². The maximum Gasteiger partial charge on any atom is 0.247 e. The van der Waals surface area contributed by atoms with E-state index in [1.54, 1.807) is 0 Å². The number of aryl methyl sites for hydroxylation is 1. The maximum atomic E-state index is 12.9. The van der Waals surface area contributed by atoms with Crippen molar-refractivity contribution in [2.75, 3.05) is 11.4 Å². The molecule has 0 bridgehead atoms. The summed E-state index contributed by atoms with van der Waals surface area (Å²) in [6, 6.07) is 10.4. The smallest absolute Gasteiger partial charge is 0.247 e. The largest absolute Gasteiger partial charge is 0.311 e. The fourth-order valence-corrected chi connectivity index (χ4v) is 3.60. The van der Waals surface area contributed by atoms with E-state index in [0.29, 0.717) is 18.8 Å². The molecule has 0 atom stereocenters. The summed E-state index contributed by atoms with van der Waals surface area (Å²) in [5.74, 6) is 0.508. The van der Waals surface area contributed by atoms with Gasteiger partial charge in [-0.3, -0.25) is 4.79 Å². The molecule has 0 N–H and O–H groups in total. The van der Waals surface area contributed by atoms with Crippen molar-refractivity contribution < 1.29 is 4.79 Å². The summed E-state index contributed by atoms with van der Waals surface area (Å²) in [5.41, 5.74) is 1.49. The van der Waals surface area contributed by atoms with Crippen LogP contribution in [-0.2, 0) is 11.2 Å². The molecule has 2 aliphatic rings. The highest BCUT2D eigenvalue weighted by molar-refractivity contribution is 6.00. The van der Waals surface area contributed by atoms with E-state index in [2.05, 4.69) is 19.1 Å². The Morgan fingerprint density at radius 1 is 1.35 bits per heavy atom. The third-order valence-corrected chi connectivity index (χ3v) is 4.62. The molecule has 1 aliphatic heterocycles. The Balaban J connectivity index is 1.94. The second-order valence-electron chi connectivity index (χ2n) is 6.25. The number of hydrogen-bond donors (Lipinski definition) is 0. The van der Waals surface area contributed by atoms with E-state index >= 15 is 0 Å². The van der Waals surface area contributed by atoms with Gasteiger partial charge in [-0.15, -0.1) is 0 Å². The highest BCUT2D eigenvalue weighted by atomic mass is 16.2. The quantitative estimate of drug-likeness (QED) is 0.784. The Labute approximate surface area is 120 Å². The van der Waals surface area contributed by atoms with Crippen molar-refractivity contribution in [1.29, 1.82) is 5.26 Å². The number of carbonyl (C=O) groups excluding carboxylic acids is 1. The molecule has 3 heteroatoms. The predicted octanol–water partition coefficient (Wildman–Crippen LogP) is 3.30. The number of amides is 1. The number of nitriles is 1. The van der Waals surface area contributed by atoms with E-state index in [0.717, 1.165) is 31.5 Å². The second kappa shape index (κ2) is 4.94. The molecule has 0 spiro atoms. The average Bonchev–Trinajstić information content (AvgIpc) is 2.65. The van der Waals surface area contributed by atoms with Crippen LogP contribution in [-0.4, -0.2) is 12.5 Å². The van der Waals surface area contributed by atoms with Crippen molar-refractivity contribution in [1.82, 2.24) is 0 Å². The van der Waals surface area contributed by atoms with Crippen molar-refractivity contribution >= 4 is 11.6 Å². The normalized spacial score (nSPS) is 28.8. The molecule has 1 saturated carbocycles. The van der Waals surface area contributed by atoms with Gasteiger partial charge in [0, 0.05) is 12.2 Å². The summed E-state index contributed by atoms with van der Waals surface area (Å²) >= 11 is 0. The molecular weight excluding hydrogens is 248 g/mol. The van der Waals surface area contributed by atoms with Crippen LogP contribution in [0.4, 0.5) is 5.69 Å². The zero-order chi connectivity index (χ0) is 14.2. The monoisotopic (exact) mass is 268 g/mol. The molecule has 3 rings (SSSR count). The highest BCUT2D eigenvalue weighted by Gasteiger charge is 2.51. The van der Waals surface area contributed by atoms with Crippen LogP contribution in [0.5, 0.6) is 0 Å². The Morgan fingerprint density at radius 3 is 2.80 bits per heavy atom. The molecule has 0 radical (unpaired) electrons. The summed E-state index contributed by atoms with van der Waals surface area (Å²) in [5, 5.41) is 9.48. The van der Waals surface area contributed by atoms with Gasteiger partial charge >= 0.3 is 0 Å². The second-order valence-corrected chi connectivity index (χ2v) is 6.25. The number of fused-ring (bicyclic) bond motifs is 1. The van der Waals surface area contributed by atoms with Crippen LogP contribution in [0.15, 0.2) is 24.3 Å². The summed E-state index contributed by atoms with van der Waals surface area (Å²) < 4.78 is 0. The summed E-state index contributed by atoms with van der Waals surface area (Å²) in [4.78, 5) is 14.8. The molecule has 1 aliphatic carbocycles. The summed E-state index contributed by atoms with van der Waals surface area (Å²) in [7, 11) is 0. The first-order valence-corrected chi connectivity index (χ1v) is 7.47. The maximum absolute atomic E-state index is 12.9. The van der Waals surface area contributed by atoms with Crippen LogP contribution in [0.3, 0.4) is 0 Å². The number of anilines is 1. The van der Waals surface area contributed by atoms with Gasteiger partial charge in [-0.2, -0.15) is 5.26 Å². The Kier molecular flexibility index (Phi) is 3.25. The van der Waals surface area contributed by atoms with Crippen molar-refractivity contribution in [2.24, 2.45) is 11.3 Å².